The Kier molecular flexibility index (Phi) is 21.4. The van der Waals surface area contributed by atoms with Crippen molar-refractivity contribution >= 4 is 5.57 Å². The highest BCUT2D eigenvalue weighted by Gasteiger charge is 2.53. The van der Waals surface area contributed by atoms with Gasteiger partial charge in [0.2, 0.25) is 0 Å². The van der Waals surface area contributed by atoms with E-state index < -0.39 is 0 Å². The Morgan fingerprint density at radius 1 is 0.246 bits per heavy atom. The van der Waals surface area contributed by atoms with Crippen LogP contribution in [0.4, 0.5) is 0 Å². The molecular weight excluding hydrogens is 781 g/mol. The maximum Gasteiger partial charge on any atom is 0.0725 e. The first kappa shape index (κ1) is 53.4. The third-order valence-corrected chi connectivity index (χ3v) is 11.9. The normalized spacial score (nSPS) is 13.0. The Bertz CT molecular complexity index is 2360. The summed E-state index contributed by atoms with van der Waals surface area (Å²) in [4.78, 5) is 0. The van der Waals surface area contributed by atoms with E-state index in [1.54, 1.807) is 5.57 Å². The third-order valence-electron chi connectivity index (χ3n) is 11.9. The second-order valence-electron chi connectivity index (χ2n) is 13.8. The van der Waals surface area contributed by atoms with Crippen LogP contribution in [0.25, 0.3) is 39.0 Å². The van der Waals surface area contributed by atoms with Crippen molar-refractivity contribution in [1.29, 1.82) is 0 Å². The molecule has 7 aromatic carbocycles. The van der Waals surface area contributed by atoms with Gasteiger partial charge in [0.1, 0.15) is 0 Å². The molecule has 0 amide bonds. The molecule has 0 aliphatic heterocycles. The Balaban J connectivity index is 0.000000265. The van der Waals surface area contributed by atoms with Crippen LogP contribution in [-0.4, -0.2) is 0 Å². The van der Waals surface area contributed by atoms with Gasteiger partial charge in [-0.05, 0) is 95.5 Å². The van der Waals surface area contributed by atoms with Gasteiger partial charge in [0, 0.05) is 0 Å². The number of benzene rings is 7. The molecule has 0 nitrogen and oxygen atoms in total. The van der Waals surface area contributed by atoms with Crippen LogP contribution in [0.3, 0.4) is 0 Å². The monoisotopic (exact) mass is 861 g/mol. The molecule has 7 aromatic rings. The highest BCUT2D eigenvalue weighted by Crippen LogP contribution is 2.64. The molecule has 0 aromatic heterocycles. The molecule has 5 aliphatic carbocycles. The van der Waals surface area contributed by atoms with Gasteiger partial charge in [0.25, 0.3) is 0 Å². The lowest BCUT2D eigenvalue weighted by atomic mass is 9.69. The maximum absolute atomic E-state index is 2.33. The zero-order valence-electron chi connectivity index (χ0n) is 43.0. The van der Waals surface area contributed by atoms with Crippen LogP contribution < -0.4 is 0 Å². The number of hydrogen-bond donors (Lipinski definition) is 0. The standard InChI is InChI=1S/C25H16.C24H16.8C2H6/c1-5-13-21-17(9-1)18-10-2-6-14-22(18)25(21)23-15-7-3-11-19(23)20-12-4-8-16-24(20)25;1-4-12-20-16(8-1)17-9-2-5-13-21(17)24(20)22-14-6-3-10-18(22)19-11-7-15-23(19)24;8*1-2/h1-16H;1-14H,15H2;8*1-2H3. The van der Waals surface area contributed by atoms with Gasteiger partial charge >= 0.3 is 0 Å². The quantitative estimate of drug-likeness (QED) is 0.142. The first-order valence-corrected chi connectivity index (χ1v) is 25.4. The largest absolute Gasteiger partial charge is 0.0798 e. The fraction of sp³-hybridized carbons (Fsp3) is 0.292. The molecule has 0 fully saturated rings. The molecule has 0 radical (unpaired) electrons. The number of hydrogen-bond acceptors (Lipinski definition) is 0. The van der Waals surface area contributed by atoms with Gasteiger partial charge in [0.15, 0.2) is 0 Å². The molecule has 0 atom stereocenters. The van der Waals surface area contributed by atoms with Gasteiger partial charge in [-0.1, -0.05) is 293 Å². The maximum atomic E-state index is 2.33. The van der Waals surface area contributed by atoms with Crippen molar-refractivity contribution in [2.24, 2.45) is 0 Å². The minimum atomic E-state index is -0.180. The average Bonchev–Trinajstić information content (AvgIpc) is 4.23. The van der Waals surface area contributed by atoms with E-state index >= 15 is 0 Å². The van der Waals surface area contributed by atoms with Crippen LogP contribution in [0.15, 0.2) is 188 Å². The van der Waals surface area contributed by atoms with E-state index in [-0.39, 0.29) is 10.8 Å². The predicted molar refractivity (Wildman–Crippen MR) is 292 cm³/mol. The lowest BCUT2D eigenvalue weighted by Crippen LogP contribution is -2.27. The molecule has 0 unspecified atom stereocenters. The van der Waals surface area contributed by atoms with Crippen molar-refractivity contribution in [3.63, 3.8) is 0 Å². The van der Waals surface area contributed by atoms with Crippen molar-refractivity contribution < 1.29 is 0 Å². The van der Waals surface area contributed by atoms with Crippen molar-refractivity contribution in [1.82, 2.24) is 0 Å². The summed E-state index contributed by atoms with van der Waals surface area (Å²) in [5.74, 6) is 0. The molecule has 0 saturated heterocycles. The van der Waals surface area contributed by atoms with Crippen molar-refractivity contribution in [2.75, 3.05) is 0 Å². The first-order chi connectivity index (χ1) is 32.3. The molecular formula is C65H80. The Morgan fingerprint density at radius 3 is 0.708 bits per heavy atom. The molecule has 0 heteroatoms. The minimum absolute atomic E-state index is 0.0946. The third kappa shape index (κ3) is 8.66. The van der Waals surface area contributed by atoms with Crippen LogP contribution in [0.2, 0.25) is 0 Å². The topological polar surface area (TPSA) is 0 Å². The number of allylic oxidation sites excluding steroid dienone is 4. The fourth-order valence-electron chi connectivity index (χ4n) is 10.2. The van der Waals surface area contributed by atoms with Crippen LogP contribution in [-0.2, 0) is 10.8 Å². The fourth-order valence-corrected chi connectivity index (χ4v) is 10.2. The SMILES string of the molecule is C1=CC2=C(C1)C1(c3ccccc32)c2ccccc2-c2ccccc21.CC.CC.CC.CC.CC.CC.CC.CC.c1ccc2c(c1)-c1ccccc1C21c2ccccc2-c2ccccc21. The van der Waals surface area contributed by atoms with Crippen LogP contribution in [0.5, 0.6) is 0 Å². The smallest absolute Gasteiger partial charge is 0.0725 e. The molecule has 340 valence electrons. The van der Waals surface area contributed by atoms with E-state index in [2.05, 4.69) is 182 Å². The summed E-state index contributed by atoms with van der Waals surface area (Å²) in [6, 6.07) is 62.6. The van der Waals surface area contributed by atoms with E-state index in [0.717, 1.165) is 6.42 Å². The zero-order chi connectivity index (χ0) is 48.2. The Labute approximate surface area is 397 Å². The van der Waals surface area contributed by atoms with Crippen LogP contribution >= 0.6 is 0 Å². The predicted octanol–water partition coefficient (Wildman–Crippen LogP) is 20.0. The second-order valence-corrected chi connectivity index (χ2v) is 13.8. The van der Waals surface area contributed by atoms with Crippen LogP contribution in [0, 0.1) is 0 Å². The summed E-state index contributed by atoms with van der Waals surface area (Å²) in [6.07, 6.45) is 5.70. The highest BCUT2D eigenvalue weighted by atomic mass is 14.5. The second kappa shape index (κ2) is 26.1. The Morgan fingerprint density at radius 2 is 0.446 bits per heavy atom. The van der Waals surface area contributed by atoms with Crippen molar-refractivity contribution in [2.45, 2.75) is 128 Å². The van der Waals surface area contributed by atoms with Gasteiger partial charge in [-0.2, -0.15) is 0 Å². The Hall–Kier alpha value is -5.98. The number of fused-ring (bicyclic) bond motifs is 19. The van der Waals surface area contributed by atoms with Gasteiger partial charge in [-0.15, -0.1) is 0 Å². The molecule has 0 saturated carbocycles. The first-order valence-electron chi connectivity index (χ1n) is 25.4. The zero-order valence-corrected chi connectivity index (χ0v) is 43.0. The van der Waals surface area contributed by atoms with E-state index in [1.165, 1.54) is 83.5 Å². The molecule has 5 aliphatic rings. The molecule has 12 rings (SSSR count). The van der Waals surface area contributed by atoms with Crippen molar-refractivity contribution in [3.8, 4) is 33.4 Å². The average molecular weight is 861 g/mol. The molecule has 2 spiro atoms. The molecule has 65 heavy (non-hydrogen) atoms. The summed E-state index contributed by atoms with van der Waals surface area (Å²) < 4.78 is 0. The number of rotatable bonds is 0. The van der Waals surface area contributed by atoms with Crippen LogP contribution in [0.1, 0.15) is 162 Å². The van der Waals surface area contributed by atoms with Gasteiger partial charge in [-0.3, -0.25) is 0 Å². The van der Waals surface area contributed by atoms with Gasteiger partial charge < -0.3 is 0 Å². The summed E-state index contributed by atoms with van der Waals surface area (Å²) >= 11 is 0. The summed E-state index contributed by atoms with van der Waals surface area (Å²) in [7, 11) is 0. The van der Waals surface area contributed by atoms with Gasteiger partial charge in [0.05, 0.1) is 10.8 Å². The van der Waals surface area contributed by atoms with Gasteiger partial charge in [-0.25, -0.2) is 0 Å². The van der Waals surface area contributed by atoms with Crippen molar-refractivity contribution in [3.05, 3.63) is 232 Å². The molecule has 0 N–H and O–H groups in total. The summed E-state index contributed by atoms with van der Waals surface area (Å²) in [6.45, 7) is 32.0. The minimum Gasteiger partial charge on any atom is -0.0798 e. The van der Waals surface area contributed by atoms with E-state index in [9.17, 15) is 0 Å². The van der Waals surface area contributed by atoms with E-state index in [4.69, 9.17) is 0 Å². The summed E-state index contributed by atoms with van der Waals surface area (Å²) in [5.41, 5.74) is 22.4. The molecule has 0 bridgehead atoms. The molecule has 0 heterocycles. The lowest BCUT2D eigenvalue weighted by molar-refractivity contribution is 0.749. The highest BCUT2D eigenvalue weighted by molar-refractivity contribution is 5.98. The van der Waals surface area contributed by atoms with E-state index in [1.807, 2.05) is 111 Å². The summed E-state index contributed by atoms with van der Waals surface area (Å²) in [5, 5.41) is 0. The lowest BCUT2D eigenvalue weighted by Gasteiger charge is -2.32. The van der Waals surface area contributed by atoms with E-state index in [0.29, 0.717) is 0 Å².